The standard InChI is InChI=1S/C26H35FN6S/c1-31(2)22-10-13-33(18-22)24-16-25(23(27)15-21(24)17-29-30-26(28)34)32-11-8-20(9-12-32)14-19-6-4-3-5-7-19/h3-7,15-17,20,22H,8-14,18H2,1-2H3,(H3,28,30,34). The Hall–Kier alpha value is -2.71. The van der Waals surface area contributed by atoms with Crippen LogP contribution in [0.15, 0.2) is 47.6 Å². The van der Waals surface area contributed by atoms with Gasteiger partial charge in [0.05, 0.1) is 11.9 Å². The molecule has 0 radical (unpaired) electrons. The minimum Gasteiger partial charge on any atom is -0.375 e. The highest BCUT2D eigenvalue weighted by atomic mass is 32.1. The Morgan fingerprint density at radius 2 is 1.82 bits per heavy atom. The molecular formula is C26H35FN6S. The van der Waals surface area contributed by atoms with Gasteiger partial charge in [-0.25, -0.2) is 4.39 Å². The molecule has 2 fully saturated rings. The predicted octanol–water partition coefficient (Wildman–Crippen LogP) is 3.59. The summed E-state index contributed by atoms with van der Waals surface area (Å²) < 4.78 is 15.3. The SMILES string of the molecule is CN(C)C1CCN(c2cc(N3CCC(Cc4ccccc4)CC3)c(F)cc2C=NNC(N)=S)C1. The average Bonchev–Trinajstić information content (AvgIpc) is 3.31. The molecule has 2 aliphatic rings. The summed E-state index contributed by atoms with van der Waals surface area (Å²) in [7, 11) is 4.22. The molecule has 0 amide bonds. The number of hydrazone groups is 1. The van der Waals surface area contributed by atoms with Crippen molar-refractivity contribution in [3.05, 3.63) is 59.4 Å². The van der Waals surface area contributed by atoms with E-state index in [-0.39, 0.29) is 10.9 Å². The Kier molecular flexibility index (Phi) is 8.00. The highest BCUT2D eigenvalue weighted by Gasteiger charge is 2.28. The zero-order valence-corrected chi connectivity index (χ0v) is 20.9. The lowest BCUT2D eigenvalue weighted by Gasteiger charge is -2.35. The maximum Gasteiger partial charge on any atom is 0.184 e. The highest BCUT2D eigenvalue weighted by molar-refractivity contribution is 7.80. The molecule has 8 heteroatoms. The van der Waals surface area contributed by atoms with Crippen molar-refractivity contribution in [2.45, 2.75) is 31.7 Å². The third-order valence-corrected chi connectivity index (χ3v) is 7.12. The van der Waals surface area contributed by atoms with Gasteiger partial charge in [0.1, 0.15) is 5.82 Å². The van der Waals surface area contributed by atoms with E-state index in [0.717, 1.165) is 63.1 Å². The number of hydrogen-bond acceptors (Lipinski definition) is 5. The van der Waals surface area contributed by atoms with Gasteiger partial charge in [-0.15, -0.1) is 0 Å². The number of likely N-dealkylation sites (N-methyl/N-ethyl adjacent to an activating group) is 1. The number of nitrogens with zero attached hydrogens (tertiary/aromatic N) is 4. The first-order valence-electron chi connectivity index (χ1n) is 12.0. The maximum absolute atomic E-state index is 15.3. The minimum atomic E-state index is -0.217. The molecule has 1 atom stereocenters. The summed E-state index contributed by atoms with van der Waals surface area (Å²) in [5.41, 5.74) is 11.9. The second-order valence-electron chi connectivity index (χ2n) is 9.57. The van der Waals surface area contributed by atoms with Crippen LogP contribution < -0.4 is 21.0 Å². The van der Waals surface area contributed by atoms with Gasteiger partial charge in [0, 0.05) is 43.5 Å². The fourth-order valence-electron chi connectivity index (χ4n) is 5.06. The van der Waals surface area contributed by atoms with Gasteiger partial charge in [-0.2, -0.15) is 5.10 Å². The molecular weight excluding hydrogens is 447 g/mol. The number of halogens is 1. The molecule has 1 unspecified atom stereocenters. The van der Waals surface area contributed by atoms with Crippen molar-refractivity contribution in [2.24, 2.45) is 16.8 Å². The average molecular weight is 483 g/mol. The van der Waals surface area contributed by atoms with Crippen molar-refractivity contribution in [3.8, 4) is 0 Å². The highest BCUT2D eigenvalue weighted by Crippen LogP contribution is 2.34. The zero-order valence-electron chi connectivity index (χ0n) is 20.1. The smallest absolute Gasteiger partial charge is 0.184 e. The third kappa shape index (κ3) is 6.04. The Balaban J connectivity index is 1.52. The zero-order chi connectivity index (χ0) is 24.1. The lowest BCUT2D eigenvalue weighted by molar-refractivity contribution is 0.315. The molecule has 2 heterocycles. The van der Waals surface area contributed by atoms with Crippen LogP contribution in [-0.2, 0) is 6.42 Å². The van der Waals surface area contributed by atoms with Crippen molar-refractivity contribution in [3.63, 3.8) is 0 Å². The molecule has 2 saturated heterocycles. The molecule has 0 aliphatic carbocycles. The van der Waals surface area contributed by atoms with Gasteiger partial charge < -0.3 is 20.4 Å². The lowest BCUT2D eigenvalue weighted by Crippen LogP contribution is -2.35. The summed E-state index contributed by atoms with van der Waals surface area (Å²) >= 11 is 4.83. The Labute approximate surface area is 207 Å². The van der Waals surface area contributed by atoms with Crippen molar-refractivity contribution in [2.75, 3.05) is 50.1 Å². The number of piperidine rings is 1. The van der Waals surface area contributed by atoms with E-state index in [1.165, 1.54) is 5.56 Å². The van der Waals surface area contributed by atoms with Crippen molar-refractivity contribution in [1.29, 1.82) is 0 Å². The van der Waals surface area contributed by atoms with Crippen LogP contribution in [0.25, 0.3) is 0 Å². The van der Waals surface area contributed by atoms with E-state index in [2.05, 4.69) is 69.7 Å². The van der Waals surface area contributed by atoms with E-state index >= 15 is 4.39 Å². The van der Waals surface area contributed by atoms with Crippen LogP contribution >= 0.6 is 12.2 Å². The Morgan fingerprint density at radius 3 is 2.47 bits per heavy atom. The normalized spacial score (nSPS) is 19.4. The second kappa shape index (κ2) is 11.1. The summed E-state index contributed by atoms with van der Waals surface area (Å²) in [5.74, 6) is 0.420. The van der Waals surface area contributed by atoms with E-state index in [4.69, 9.17) is 18.0 Å². The predicted molar refractivity (Wildman–Crippen MR) is 143 cm³/mol. The van der Waals surface area contributed by atoms with Gasteiger partial charge in [-0.05, 0) is 75.6 Å². The van der Waals surface area contributed by atoms with Gasteiger partial charge in [0.15, 0.2) is 5.11 Å². The van der Waals surface area contributed by atoms with Crippen molar-refractivity contribution < 1.29 is 4.39 Å². The summed E-state index contributed by atoms with van der Waals surface area (Å²) in [6.07, 6.45) is 5.91. The summed E-state index contributed by atoms with van der Waals surface area (Å²) in [4.78, 5) is 6.79. The first-order chi connectivity index (χ1) is 16.4. The molecule has 4 rings (SSSR count). The van der Waals surface area contributed by atoms with Crippen LogP contribution in [0.4, 0.5) is 15.8 Å². The van der Waals surface area contributed by atoms with Crippen molar-refractivity contribution in [1.82, 2.24) is 10.3 Å². The van der Waals surface area contributed by atoms with Gasteiger partial charge >= 0.3 is 0 Å². The number of nitrogens with one attached hydrogen (secondary N) is 1. The number of hydrogen-bond donors (Lipinski definition) is 2. The van der Waals surface area contributed by atoms with Gasteiger partial charge in [-0.1, -0.05) is 30.3 Å². The van der Waals surface area contributed by atoms with Gasteiger partial charge in [-0.3, -0.25) is 5.43 Å². The van der Waals surface area contributed by atoms with Gasteiger partial charge in [0.2, 0.25) is 0 Å². The maximum atomic E-state index is 15.3. The number of thiocarbonyl (C=S) groups is 1. The number of nitrogens with two attached hydrogens (primary N) is 1. The Morgan fingerprint density at radius 1 is 1.12 bits per heavy atom. The quantitative estimate of drug-likeness (QED) is 0.357. The number of rotatable bonds is 7. The molecule has 6 nitrogen and oxygen atoms in total. The molecule has 0 saturated carbocycles. The topological polar surface area (TPSA) is 60.1 Å². The van der Waals surface area contributed by atoms with Crippen LogP contribution in [0.3, 0.4) is 0 Å². The second-order valence-corrected chi connectivity index (χ2v) is 10.0. The molecule has 34 heavy (non-hydrogen) atoms. The van der Waals surface area contributed by atoms with Crippen LogP contribution in [0.1, 0.15) is 30.4 Å². The van der Waals surface area contributed by atoms with E-state index < -0.39 is 0 Å². The largest absolute Gasteiger partial charge is 0.375 e. The fraction of sp³-hybridized carbons (Fsp3) is 0.462. The first-order valence-corrected chi connectivity index (χ1v) is 12.4. The fourth-order valence-corrected chi connectivity index (χ4v) is 5.11. The molecule has 182 valence electrons. The summed E-state index contributed by atoms with van der Waals surface area (Å²) in [5, 5.41) is 4.19. The molecule has 0 bridgehead atoms. The van der Waals surface area contributed by atoms with Crippen LogP contribution in [0.5, 0.6) is 0 Å². The van der Waals surface area contributed by atoms with E-state index in [9.17, 15) is 0 Å². The molecule has 0 spiro atoms. The summed E-state index contributed by atoms with van der Waals surface area (Å²) in [6.45, 7) is 3.56. The van der Waals surface area contributed by atoms with Crippen LogP contribution in [-0.4, -0.2) is 62.5 Å². The lowest BCUT2D eigenvalue weighted by atomic mass is 9.90. The third-order valence-electron chi connectivity index (χ3n) is 7.03. The van der Waals surface area contributed by atoms with E-state index in [0.29, 0.717) is 17.6 Å². The van der Waals surface area contributed by atoms with Crippen LogP contribution in [0, 0.1) is 11.7 Å². The van der Waals surface area contributed by atoms with Crippen LogP contribution in [0.2, 0.25) is 0 Å². The van der Waals surface area contributed by atoms with Gasteiger partial charge in [0.25, 0.3) is 0 Å². The number of benzene rings is 2. The molecule has 2 aromatic rings. The van der Waals surface area contributed by atoms with E-state index in [1.807, 2.05) is 6.07 Å². The van der Waals surface area contributed by atoms with E-state index in [1.54, 1.807) is 12.3 Å². The first kappa shape index (κ1) is 24.4. The molecule has 2 aromatic carbocycles. The molecule has 2 aliphatic heterocycles. The molecule has 0 aromatic heterocycles. The monoisotopic (exact) mass is 482 g/mol. The molecule has 3 N–H and O–H groups in total. The van der Waals surface area contributed by atoms with Crippen molar-refractivity contribution >= 4 is 34.9 Å². The Bertz CT molecular complexity index is 1000. The minimum absolute atomic E-state index is 0.0853. The number of anilines is 2. The summed E-state index contributed by atoms with van der Waals surface area (Å²) in [6, 6.07) is 14.7.